The van der Waals surface area contributed by atoms with Crippen molar-refractivity contribution in [3.63, 3.8) is 0 Å². The number of carbonyl (C=O) groups is 1. The van der Waals surface area contributed by atoms with Gasteiger partial charge in [-0.25, -0.2) is 17.8 Å². The van der Waals surface area contributed by atoms with Crippen molar-refractivity contribution in [1.29, 1.82) is 0 Å². The highest BCUT2D eigenvalue weighted by atomic mass is 32.2. The number of nitrogens with one attached hydrogen (secondary N) is 2. The summed E-state index contributed by atoms with van der Waals surface area (Å²) in [5.41, 5.74) is 1.49. The number of benzene rings is 1. The van der Waals surface area contributed by atoms with Crippen LogP contribution in [0.25, 0.3) is 5.65 Å². The molecule has 2 saturated heterocycles. The predicted octanol–water partition coefficient (Wildman–Crippen LogP) is 3.81. The number of piperidine rings is 1. The molecule has 0 bridgehead atoms. The van der Waals surface area contributed by atoms with Gasteiger partial charge in [-0.3, -0.25) is 4.79 Å². The average molecular weight is 734 g/mol. The fourth-order valence-corrected chi connectivity index (χ4v) is 6.71. The van der Waals surface area contributed by atoms with E-state index in [2.05, 4.69) is 27.5 Å². The van der Waals surface area contributed by atoms with Crippen LogP contribution in [-0.2, 0) is 21.1 Å². The summed E-state index contributed by atoms with van der Waals surface area (Å²) >= 11 is 0. The Labute approximate surface area is 295 Å². The summed E-state index contributed by atoms with van der Waals surface area (Å²) in [7, 11) is 3.54. The molecule has 0 spiro atoms. The van der Waals surface area contributed by atoms with Crippen LogP contribution in [0.5, 0.6) is 5.75 Å². The van der Waals surface area contributed by atoms with Gasteiger partial charge in [-0.1, -0.05) is 12.0 Å². The topological polar surface area (TPSA) is 112 Å². The first-order chi connectivity index (χ1) is 24.0. The van der Waals surface area contributed by atoms with E-state index >= 15 is 4.39 Å². The van der Waals surface area contributed by atoms with Crippen LogP contribution >= 0.6 is 0 Å². The number of halogens is 4. The molecule has 0 radical (unpaired) electrons. The average Bonchev–Trinajstić information content (AvgIpc) is 3.35. The Kier molecular flexibility index (Phi) is 11.5. The van der Waals surface area contributed by atoms with E-state index in [1.54, 1.807) is 23.2 Å². The maximum absolute atomic E-state index is 15.2. The summed E-state index contributed by atoms with van der Waals surface area (Å²) in [5, 5.41) is 6.26. The summed E-state index contributed by atoms with van der Waals surface area (Å²) in [6.45, 7) is 2.22. The molecule has 1 amide bonds. The van der Waals surface area contributed by atoms with E-state index in [-0.39, 0.29) is 52.6 Å². The minimum atomic E-state index is -4.58. The number of imidazole rings is 1. The first-order valence-electron chi connectivity index (χ1n) is 16.4. The molecule has 2 fully saturated rings. The Hall–Kier alpha value is -4.33. The van der Waals surface area contributed by atoms with Gasteiger partial charge in [-0.05, 0) is 57.2 Å². The van der Waals surface area contributed by atoms with E-state index in [4.69, 9.17) is 4.74 Å². The molecule has 2 atom stereocenters. The third-order valence-electron chi connectivity index (χ3n) is 8.86. The van der Waals surface area contributed by atoms with Crippen LogP contribution in [0.3, 0.4) is 0 Å². The molecule has 276 valence electrons. The van der Waals surface area contributed by atoms with E-state index in [0.29, 0.717) is 49.5 Å². The largest absolute Gasteiger partial charge is 0.495 e. The van der Waals surface area contributed by atoms with Gasteiger partial charge in [0, 0.05) is 63.2 Å². The SMILES string of the molecule is COc1cc(S(C)(=O)=O)ccc1NCC#Cc1nc2c(N[C@@H]3CCN(C)C[C@@H]3F)cc(C3CN(C(=O)/C=C/CN(C)C)C3)cn2c1CC(F)(F)F. The molecule has 0 aliphatic carbocycles. The van der Waals surface area contributed by atoms with E-state index in [0.717, 1.165) is 6.26 Å². The lowest BCUT2D eigenvalue weighted by molar-refractivity contribution is -0.130. The zero-order valence-electron chi connectivity index (χ0n) is 29.2. The molecule has 1 aromatic carbocycles. The van der Waals surface area contributed by atoms with Gasteiger partial charge in [0.05, 0.1) is 48.1 Å². The quantitative estimate of drug-likeness (QED) is 0.173. The second kappa shape index (κ2) is 15.5. The lowest BCUT2D eigenvalue weighted by Crippen LogP contribution is -2.48. The van der Waals surface area contributed by atoms with Crippen LogP contribution < -0.4 is 15.4 Å². The Morgan fingerprint density at radius 3 is 2.57 bits per heavy atom. The molecular weight excluding hydrogens is 690 g/mol. The Bertz CT molecular complexity index is 1950. The van der Waals surface area contributed by atoms with E-state index < -0.39 is 34.6 Å². The van der Waals surface area contributed by atoms with Crippen molar-refractivity contribution in [2.75, 3.05) is 84.4 Å². The zero-order chi connectivity index (χ0) is 37.1. The van der Waals surface area contributed by atoms with Crippen molar-refractivity contribution in [2.45, 2.75) is 42.0 Å². The molecule has 5 rings (SSSR count). The van der Waals surface area contributed by atoms with Crippen LogP contribution in [0.4, 0.5) is 28.9 Å². The minimum Gasteiger partial charge on any atom is -0.495 e. The molecular formula is C35H43F4N7O4S. The van der Waals surface area contributed by atoms with Crippen LogP contribution in [0.2, 0.25) is 0 Å². The number of alkyl halides is 4. The number of likely N-dealkylation sites (N-methyl/N-ethyl adjacent to an activating group) is 1. The number of ether oxygens (including phenoxy) is 1. The smallest absolute Gasteiger partial charge is 0.394 e. The first-order valence-corrected chi connectivity index (χ1v) is 18.3. The normalized spacial score (nSPS) is 18.9. The van der Waals surface area contributed by atoms with Gasteiger partial charge in [0.1, 0.15) is 17.6 Å². The number of hydrogen-bond acceptors (Lipinski definition) is 9. The molecule has 2 aliphatic heterocycles. The van der Waals surface area contributed by atoms with Crippen LogP contribution in [0, 0.1) is 11.8 Å². The van der Waals surface area contributed by atoms with E-state index in [1.807, 2.05) is 30.9 Å². The molecule has 3 aromatic rings. The minimum absolute atomic E-state index is 0.0156. The summed E-state index contributed by atoms with van der Waals surface area (Å²) < 4.78 is 87.9. The third kappa shape index (κ3) is 9.52. The summed E-state index contributed by atoms with van der Waals surface area (Å²) in [5.74, 6) is 5.58. The number of rotatable bonds is 11. The number of amides is 1. The Morgan fingerprint density at radius 1 is 1.18 bits per heavy atom. The summed E-state index contributed by atoms with van der Waals surface area (Å²) in [4.78, 5) is 22.8. The van der Waals surface area contributed by atoms with Crippen LogP contribution in [-0.4, -0.2) is 131 Å². The number of likely N-dealkylation sites (tertiary alicyclic amines) is 2. The number of aromatic nitrogens is 2. The number of anilines is 2. The summed E-state index contributed by atoms with van der Waals surface area (Å²) in [6, 6.07) is 5.52. The van der Waals surface area contributed by atoms with Gasteiger partial charge < -0.3 is 34.5 Å². The molecule has 11 nitrogen and oxygen atoms in total. The zero-order valence-corrected chi connectivity index (χ0v) is 30.0. The highest BCUT2D eigenvalue weighted by Gasteiger charge is 2.35. The van der Waals surface area contributed by atoms with Gasteiger partial charge >= 0.3 is 6.18 Å². The van der Waals surface area contributed by atoms with Crippen molar-refractivity contribution >= 4 is 32.8 Å². The highest BCUT2D eigenvalue weighted by Crippen LogP contribution is 2.34. The van der Waals surface area contributed by atoms with Crippen LogP contribution in [0.1, 0.15) is 29.3 Å². The van der Waals surface area contributed by atoms with Gasteiger partial charge in [-0.15, -0.1) is 0 Å². The number of hydrogen-bond donors (Lipinski definition) is 2. The molecule has 2 aromatic heterocycles. The number of nitrogens with zero attached hydrogens (tertiary/aromatic N) is 5. The van der Waals surface area contributed by atoms with Gasteiger partial charge in [0.2, 0.25) is 5.91 Å². The number of methoxy groups -OCH3 is 1. The third-order valence-corrected chi connectivity index (χ3v) is 9.97. The summed E-state index contributed by atoms with van der Waals surface area (Å²) in [6.07, 6.45) is -0.625. The predicted molar refractivity (Wildman–Crippen MR) is 188 cm³/mol. The molecule has 0 unspecified atom stereocenters. The van der Waals surface area contributed by atoms with Gasteiger partial charge in [0.15, 0.2) is 15.5 Å². The highest BCUT2D eigenvalue weighted by molar-refractivity contribution is 7.90. The maximum Gasteiger partial charge on any atom is 0.394 e. The Balaban J connectivity index is 1.47. The maximum atomic E-state index is 15.2. The Morgan fingerprint density at radius 2 is 1.92 bits per heavy atom. The van der Waals surface area contributed by atoms with Gasteiger partial charge in [-0.2, -0.15) is 13.2 Å². The monoisotopic (exact) mass is 733 g/mol. The lowest BCUT2D eigenvalue weighted by atomic mass is 9.92. The van der Waals surface area contributed by atoms with Crippen molar-refractivity contribution in [3.8, 4) is 17.6 Å². The standard InChI is InChI=1S/C35H43F4N7O4S/c1-43(2)14-7-9-33(47)45-19-24(20-45)23-16-30(41-27-12-15-44(3)22-26(27)36)34-42-28(31(46(34)21-23)18-35(37,38)39)8-6-13-40-29-11-10-25(51(5,48)49)17-32(29)50-4/h7,9-11,16-17,21,24,26-27,40-41H,12-15,18-20,22H2,1-5H3/b9-7+/t26-,27+/m0/s1. The number of carbonyl (C=O) groups excluding carboxylic acids is 1. The second-order valence-corrected chi connectivity index (χ2v) is 15.3. The fraction of sp³-hybridized carbons (Fsp3) is 0.486. The second-order valence-electron chi connectivity index (χ2n) is 13.3. The van der Waals surface area contributed by atoms with Crippen LogP contribution in [0.15, 0.2) is 47.5 Å². The fourth-order valence-electron chi connectivity index (χ4n) is 6.07. The van der Waals surface area contributed by atoms with Crippen molar-refractivity contribution in [1.82, 2.24) is 24.1 Å². The molecule has 16 heteroatoms. The number of pyridine rings is 1. The van der Waals surface area contributed by atoms with E-state index in [1.165, 1.54) is 35.8 Å². The van der Waals surface area contributed by atoms with Crippen molar-refractivity contribution in [2.24, 2.45) is 0 Å². The lowest BCUT2D eigenvalue weighted by Gasteiger charge is -2.39. The molecule has 51 heavy (non-hydrogen) atoms. The number of sulfone groups is 1. The van der Waals surface area contributed by atoms with Crippen molar-refractivity contribution < 1.29 is 35.5 Å². The number of fused-ring (bicyclic) bond motifs is 1. The van der Waals surface area contributed by atoms with Crippen molar-refractivity contribution in [3.05, 3.63) is 59.6 Å². The molecule has 4 heterocycles. The molecule has 2 aliphatic rings. The molecule has 0 saturated carbocycles. The molecule has 2 N–H and O–H groups in total. The van der Waals surface area contributed by atoms with E-state index in [9.17, 15) is 26.4 Å². The van der Waals surface area contributed by atoms with Gasteiger partial charge in [0.25, 0.3) is 0 Å². The first kappa shape index (κ1) is 37.9.